The molecule has 2 fully saturated rings. The molecule has 0 spiro atoms. The van der Waals surface area contributed by atoms with Crippen molar-refractivity contribution in [2.75, 3.05) is 68.8 Å². The highest BCUT2D eigenvalue weighted by atomic mass is 16.5. The Morgan fingerprint density at radius 3 is 2.54 bits per heavy atom. The summed E-state index contributed by atoms with van der Waals surface area (Å²) in [7, 11) is 0. The quantitative estimate of drug-likeness (QED) is 0.574. The van der Waals surface area contributed by atoms with E-state index in [9.17, 15) is 9.90 Å². The van der Waals surface area contributed by atoms with Crippen molar-refractivity contribution in [2.24, 2.45) is 0 Å². The standard InChI is InChI=1S/C28H38N6O3/c1-4-26(36)32-11-13-33(14-12-32)27-23-7-10-34(25-18-22(35)17-20(2)21(25)3)19-24(23)29-28(30-27)37-16-15-31-8-5-6-9-31/h4,17-18,35H,1,5-16,19H2,2-3H3. The van der Waals surface area contributed by atoms with Crippen LogP contribution in [0, 0.1) is 13.8 Å². The Balaban J connectivity index is 1.40. The van der Waals surface area contributed by atoms with Crippen LogP contribution in [0.1, 0.15) is 35.2 Å². The Kier molecular flexibility index (Phi) is 7.50. The van der Waals surface area contributed by atoms with Gasteiger partial charge < -0.3 is 24.5 Å². The molecule has 37 heavy (non-hydrogen) atoms. The van der Waals surface area contributed by atoms with E-state index in [-0.39, 0.29) is 11.7 Å². The summed E-state index contributed by atoms with van der Waals surface area (Å²) in [6.07, 6.45) is 4.69. The molecular formula is C28H38N6O3. The number of phenols is 1. The second-order valence-electron chi connectivity index (χ2n) is 10.2. The number of anilines is 2. The average Bonchev–Trinajstić information content (AvgIpc) is 3.43. The third-order valence-electron chi connectivity index (χ3n) is 7.89. The largest absolute Gasteiger partial charge is 0.508 e. The lowest BCUT2D eigenvalue weighted by Crippen LogP contribution is -2.49. The normalized spacial score (nSPS) is 18.2. The number of aromatic nitrogens is 2. The van der Waals surface area contributed by atoms with Crippen molar-refractivity contribution in [1.29, 1.82) is 0 Å². The van der Waals surface area contributed by atoms with Crippen molar-refractivity contribution in [2.45, 2.75) is 39.7 Å². The summed E-state index contributed by atoms with van der Waals surface area (Å²) in [6, 6.07) is 4.07. The highest BCUT2D eigenvalue weighted by Gasteiger charge is 2.29. The molecule has 4 heterocycles. The third-order valence-corrected chi connectivity index (χ3v) is 7.89. The number of fused-ring (bicyclic) bond motifs is 1. The number of hydrogen-bond acceptors (Lipinski definition) is 8. The fourth-order valence-corrected chi connectivity index (χ4v) is 5.61. The van der Waals surface area contributed by atoms with E-state index in [2.05, 4.69) is 28.2 Å². The highest BCUT2D eigenvalue weighted by molar-refractivity contribution is 5.87. The molecule has 1 N–H and O–H groups in total. The molecule has 5 rings (SSSR count). The van der Waals surface area contributed by atoms with Gasteiger partial charge in [-0.1, -0.05) is 6.58 Å². The first-order valence-electron chi connectivity index (χ1n) is 13.4. The van der Waals surface area contributed by atoms with Gasteiger partial charge in [-0.2, -0.15) is 9.97 Å². The van der Waals surface area contributed by atoms with E-state index in [0.29, 0.717) is 45.3 Å². The molecule has 0 radical (unpaired) electrons. The van der Waals surface area contributed by atoms with Gasteiger partial charge in [-0.25, -0.2) is 0 Å². The number of benzene rings is 1. The minimum atomic E-state index is -0.0253. The van der Waals surface area contributed by atoms with Crippen LogP contribution in [0.3, 0.4) is 0 Å². The Bertz CT molecular complexity index is 1160. The number of ether oxygens (including phenoxy) is 1. The molecule has 1 amide bonds. The van der Waals surface area contributed by atoms with Crippen molar-refractivity contribution in [3.63, 3.8) is 0 Å². The zero-order valence-corrected chi connectivity index (χ0v) is 22.1. The van der Waals surface area contributed by atoms with Gasteiger partial charge in [0.1, 0.15) is 18.2 Å². The maximum absolute atomic E-state index is 12.1. The number of hydrogen-bond donors (Lipinski definition) is 1. The number of nitrogens with zero attached hydrogens (tertiary/aromatic N) is 6. The molecule has 0 saturated carbocycles. The van der Waals surface area contributed by atoms with Crippen molar-refractivity contribution >= 4 is 17.4 Å². The van der Waals surface area contributed by atoms with E-state index in [4.69, 9.17) is 14.7 Å². The van der Waals surface area contributed by atoms with Gasteiger partial charge in [0.05, 0.1) is 12.2 Å². The van der Waals surface area contributed by atoms with E-state index in [1.54, 1.807) is 6.07 Å². The molecule has 1 aromatic carbocycles. The molecule has 9 nitrogen and oxygen atoms in total. The second-order valence-corrected chi connectivity index (χ2v) is 10.2. The Morgan fingerprint density at radius 1 is 1.05 bits per heavy atom. The molecule has 3 aliphatic heterocycles. The van der Waals surface area contributed by atoms with Gasteiger partial charge in [0.15, 0.2) is 0 Å². The van der Waals surface area contributed by atoms with Gasteiger partial charge >= 0.3 is 6.01 Å². The van der Waals surface area contributed by atoms with Crippen molar-refractivity contribution in [3.8, 4) is 11.8 Å². The number of carbonyl (C=O) groups excluding carboxylic acids is 1. The van der Waals surface area contributed by atoms with Crippen LogP contribution in [0.15, 0.2) is 24.8 Å². The zero-order valence-electron chi connectivity index (χ0n) is 22.1. The summed E-state index contributed by atoms with van der Waals surface area (Å²) in [5.41, 5.74) is 5.40. The van der Waals surface area contributed by atoms with Crippen LogP contribution in [0.4, 0.5) is 11.5 Å². The molecule has 0 aliphatic carbocycles. The van der Waals surface area contributed by atoms with Crippen molar-refractivity contribution in [1.82, 2.24) is 19.8 Å². The third kappa shape index (κ3) is 5.51. The van der Waals surface area contributed by atoms with Gasteiger partial charge in [-0.3, -0.25) is 9.69 Å². The molecule has 0 unspecified atom stereocenters. The molecule has 0 atom stereocenters. The number of aromatic hydroxyl groups is 1. The van der Waals surface area contributed by atoms with Crippen LogP contribution in [0.25, 0.3) is 0 Å². The van der Waals surface area contributed by atoms with Crippen molar-refractivity contribution in [3.05, 3.63) is 47.2 Å². The first-order valence-corrected chi connectivity index (χ1v) is 13.4. The van der Waals surface area contributed by atoms with E-state index in [1.165, 1.54) is 24.5 Å². The van der Waals surface area contributed by atoms with Crippen LogP contribution in [-0.4, -0.2) is 89.7 Å². The summed E-state index contributed by atoms with van der Waals surface area (Å²) in [5, 5.41) is 10.3. The first kappa shape index (κ1) is 25.3. The second kappa shape index (κ2) is 11.0. The average molecular weight is 507 g/mol. The summed E-state index contributed by atoms with van der Waals surface area (Å²) < 4.78 is 6.12. The lowest BCUT2D eigenvalue weighted by atomic mass is 10.0. The lowest BCUT2D eigenvalue weighted by Gasteiger charge is -2.38. The Hall–Kier alpha value is -3.33. The lowest BCUT2D eigenvalue weighted by molar-refractivity contribution is -0.126. The summed E-state index contributed by atoms with van der Waals surface area (Å²) in [5.74, 6) is 1.18. The minimum absolute atomic E-state index is 0.0253. The van der Waals surface area contributed by atoms with Crippen LogP contribution in [-0.2, 0) is 17.8 Å². The molecule has 1 aromatic heterocycles. The van der Waals surface area contributed by atoms with Gasteiger partial charge in [-0.05, 0) is 69.5 Å². The number of likely N-dealkylation sites (tertiary alicyclic amines) is 1. The maximum Gasteiger partial charge on any atom is 0.318 e. The zero-order chi connectivity index (χ0) is 25.9. The summed E-state index contributed by atoms with van der Waals surface area (Å²) in [6.45, 7) is 15.6. The SMILES string of the molecule is C=CC(=O)N1CCN(c2nc(OCCN3CCCC3)nc3c2CCN(c2cc(O)cc(C)c2C)C3)CC1. The molecule has 0 bridgehead atoms. The molecule has 2 aromatic rings. The first-order chi connectivity index (χ1) is 17.9. The molecule has 9 heteroatoms. The number of aryl methyl sites for hydroxylation is 1. The Labute approximate surface area is 219 Å². The van der Waals surface area contributed by atoms with Crippen LogP contribution in [0.2, 0.25) is 0 Å². The maximum atomic E-state index is 12.1. The van der Waals surface area contributed by atoms with Gasteiger partial charge in [-0.15, -0.1) is 0 Å². The predicted molar refractivity (Wildman–Crippen MR) is 145 cm³/mol. The van der Waals surface area contributed by atoms with Crippen LogP contribution in [0.5, 0.6) is 11.8 Å². The number of phenolic OH excluding ortho intramolecular Hbond substituents is 1. The van der Waals surface area contributed by atoms with Gasteiger partial charge in [0.25, 0.3) is 0 Å². The summed E-state index contributed by atoms with van der Waals surface area (Å²) in [4.78, 5) is 30.7. The van der Waals surface area contributed by atoms with Crippen LogP contribution >= 0.6 is 0 Å². The fourth-order valence-electron chi connectivity index (χ4n) is 5.61. The molecular weight excluding hydrogens is 468 g/mol. The summed E-state index contributed by atoms with van der Waals surface area (Å²) >= 11 is 0. The smallest absolute Gasteiger partial charge is 0.318 e. The predicted octanol–water partition coefficient (Wildman–Crippen LogP) is 2.67. The molecule has 3 aliphatic rings. The van der Waals surface area contributed by atoms with E-state index in [1.807, 2.05) is 17.9 Å². The molecule has 198 valence electrons. The van der Waals surface area contributed by atoms with E-state index >= 15 is 0 Å². The molecule has 2 saturated heterocycles. The highest BCUT2D eigenvalue weighted by Crippen LogP contribution is 2.34. The van der Waals surface area contributed by atoms with Gasteiger partial charge in [0.2, 0.25) is 5.91 Å². The van der Waals surface area contributed by atoms with Gasteiger partial charge in [0, 0.05) is 56.6 Å². The number of amides is 1. The minimum Gasteiger partial charge on any atom is -0.508 e. The fraction of sp³-hybridized carbons (Fsp3) is 0.536. The number of rotatable bonds is 7. The van der Waals surface area contributed by atoms with E-state index in [0.717, 1.165) is 60.9 Å². The number of carbonyl (C=O) groups is 1. The Morgan fingerprint density at radius 2 is 1.81 bits per heavy atom. The topological polar surface area (TPSA) is 85.3 Å². The van der Waals surface area contributed by atoms with E-state index < -0.39 is 0 Å². The van der Waals surface area contributed by atoms with Crippen LogP contribution < -0.4 is 14.5 Å². The van der Waals surface area contributed by atoms with Crippen molar-refractivity contribution < 1.29 is 14.6 Å². The number of piperazine rings is 1. The monoisotopic (exact) mass is 506 g/mol.